The first-order chi connectivity index (χ1) is 3.81. The standard InChI is InChI=1S/C6H10O2/c1-6(8-2)4-3-5-7/h3-6H,1-2H3/b4-3+/t6-/m0/s1. The van der Waals surface area contributed by atoms with E-state index in [1.54, 1.807) is 13.2 Å². The van der Waals surface area contributed by atoms with Gasteiger partial charge in [0.1, 0.15) is 6.29 Å². The predicted molar refractivity (Wildman–Crippen MR) is 31.7 cm³/mol. The highest BCUT2D eigenvalue weighted by molar-refractivity contribution is 5.64. The molecule has 46 valence electrons. The van der Waals surface area contributed by atoms with Gasteiger partial charge in [-0.25, -0.2) is 0 Å². The lowest BCUT2D eigenvalue weighted by Gasteiger charge is -1.98. The highest BCUT2D eigenvalue weighted by Gasteiger charge is 1.86. The Morgan fingerprint density at radius 1 is 1.62 bits per heavy atom. The topological polar surface area (TPSA) is 26.3 Å². The third-order valence-corrected chi connectivity index (χ3v) is 0.832. The molecule has 0 rings (SSSR count). The fourth-order valence-corrected chi connectivity index (χ4v) is 0.280. The van der Waals surface area contributed by atoms with Crippen LogP contribution in [0.4, 0.5) is 0 Å². The number of methoxy groups -OCH3 is 1. The molecule has 2 nitrogen and oxygen atoms in total. The van der Waals surface area contributed by atoms with Gasteiger partial charge in [-0.2, -0.15) is 0 Å². The number of allylic oxidation sites excluding steroid dienone is 1. The van der Waals surface area contributed by atoms with Crippen LogP contribution in [0.25, 0.3) is 0 Å². The van der Waals surface area contributed by atoms with Crippen LogP contribution in [0.15, 0.2) is 12.2 Å². The monoisotopic (exact) mass is 114 g/mol. The van der Waals surface area contributed by atoms with E-state index in [0.29, 0.717) is 0 Å². The first-order valence-corrected chi connectivity index (χ1v) is 2.46. The van der Waals surface area contributed by atoms with Gasteiger partial charge < -0.3 is 4.74 Å². The first-order valence-electron chi connectivity index (χ1n) is 2.46. The van der Waals surface area contributed by atoms with Crippen molar-refractivity contribution in [2.75, 3.05) is 7.11 Å². The first kappa shape index (κ1) is 7.37. The average molecular weight is 114 g/mol. The minimum Gasteiger partial charge on any atom is -0.378 e. The van der Waals surface area contributed by atoms with E-state index in [4.69, 9.17) is 4.74 Å². The molecular formula is C6H10O2. The van der Waals surface area contributed by atoms with Gasteiger partial charge in [-0.05, 0) is 13.0 Å². The highest BCUT2D eigenvalue weighted by atomic mass is 16.5. The molecule has 0 saturated carbocycles. The van der Waals surface area contributed by atoms with Crippen molar-refractivity contribution in [1.29, 1.82) is 0 Å². The van der Waals surface area contributed by atoms with Crippen molar-refractivity contribution < 1.29 is 9.53 Å². The minimum absolute atomic E-state index is 0.0419. The molecule has 0 aromatic rings. The molecular weight excluding hydrogens is 104 g/mol. The van der Waals surface area contributed by atoms with Gasteiger partial charge in [0.25, 0.3) is 0 Å². The van der Waals surface area contributed by atoms with E-state index in [9.17, 15) is 4.79 Å². The molecule has 0 bridgehead atoms. The summed E-state index contributed by atoms with van der Waals surface area (Å²) in [6.45, 7) is 1.86. The number of rotatable bonds is 3. The Bertz CT molecular complexity index is 86.5. The molecule has 0 aliphatic heterocycles. The lowest BCUT2D eigenvalue weighted by molar-refractivity contribution is -0.104. The molecule has 0 amide bonds. The second-order valence-electron chi connectivity index (χ2n) is 1.46. The van der Waals surface area contributed by atoms with E-state index in [2.05, 4.69) is 0 Å². The molecule has 0 aromatic carbocycles. The number of aldehydes is 1. The molecule has 0 aromatic heterocycles. The highest BCUT2D eigenvalue weighted by Crippen LogP contribution is 1.86. The Balaban J connectivity index is 3.35. The molecule has 0 aliphatic rings. The fraction of sp³-hybridized carbons (Fsp3) is 0.500. The van der Waals surface area contributed by atoms with Crippen LogP contribution in [0.3, 0.4) is 0 Å². The van der Waals surface area contributed by atoms with Gasteiger partial charge in [0.15, 0.2) is 0 Å². The van der Waals surface area contributed by atoms with Crippen molar-refractivity contribution >= 4 is 6.29 Å². The molecule has 0 N–H and O–H groups in total. The molecule has 0 heterocycles. The maximum absolute atomic E-state index is 9.68. The SMILES string of the molecule is CO[C@@H](C)/C=C/C=O. The van der Waals surface area contributed by atoms with Gasteiger partial charge in [-0.15, -0.1) is 0 Å². The van der Waals surface area contributed by atoms with Gasteiger partial charge in [0.2, 0.25) is 0 Å². The van der Waals surface area contributed by atoms with Gasteiger partial charge in [-0.1, -0.05) is 6.08 Å². The molecule has 0 unspecified atom stereocenters. The number of ether oxygens (including phenoxy) is 1. The lowest BCUT2D eigenvalue weighted by Crippen LogP contribution is -1.98. The normalized spacial score (nSPS) is 14.2. The third kappa shape index (κ3) is 3.56. The summed E-state index contributed by atoms with van der Waals surface area (Å²) in [6.07, 6.45) is 3.89. The van der Waals surface area contributed by atoms with Crippen LogP contribution in [-0.4, -0.2) is 19.5 Å². The zero-order valence-corrected chi connectivity index (χ0v) is 5.13. The molecule has 0 radical (unpaired) electrons. The summed E-state index contributed by atoms with van der Waals surface area (Å²) < 4.78 is 4.81. The molecule has 8 heavy (non-hydrogen) atoms. The maximum Gasteiger partial charge on any atom is 0.142 e. The summed E-state index contributed by atoms with van der Waals surface area (Å²) in [5, 5.41) is 0. The van der Waals surface area contributed by atoms with Crippen LogP contribution in [0, 0.1) is 0 Å². The fourth-order valence-electron chi connectivity index (χ4n) is 0.280. The summed E-state index contributed by atoms with van der Waals surface area (Å²) in [5.74, 6) is 0. The molecule has 2 heteroatoms. The van der Waals surface area contributed by atoms with Crippen molar-refractivity contribution in [3.8, 4) is 0 Å². The Kier molecular flexibility index (Phi) is 4.17. The van der Waals surface area contributed by atoms with Gasteiger partial charge in [0, 0.05) is 7.11 Å². The van der Waals surface area contributed by atoms with Gasteiger partial charge in [-0.3, -0.25) is 4.79 Å². The summed E-state index contributed by atoms with van der Waals surface area (Å²) in [7, 11) is 1.60. The second-order valence-corrected chi connectivity index (χ2v) is 1.46. The van der Waals surface area contributed by atoms with Crippen molar-refractivity contribution in [2.24, 2.45) is 0 Å². The summed E-state index contributed by atoms with van der Waals surface area (Å²) >= 11 is 0. The van der Waals surface area contributed by atoms with Crippen LogP contribution in [0.2, 0.25) is 0 Å². The second kappa shape index (κ2) is 4.53. The van der Waals surface area contributed by atoms with Crippen LogP contribution >= 0.6 is 0 Å². The molecule has 0 saturated heterocycles. The van der Waals surface area contributed by atoms with E-state index >= 15 is 0 Å². The zero-order chi connectivity index (χ0) is 6.41. The van der Waals surface area contributed by atoms with Crippen LogP contribution in [0.1, 0.15) is 6.92 Å². The van der Waals surface area contributed by atoms with Crippen molar-refractivity contribution in [2.45, 2.75) is 13.0 Å². The summed E-state index contributed by atoms with van der Waals surface area (Å²) in [5.41, 5.74) is 0. The molecule has 0 aliphatic carbocycles. The van der Waals surface area contributed by atoms with Crippen molar-refractivity contribution in [3.63, 3.8) is 0 Å². The van der Waals surface area contributed by atoms with Gasteiger partial charge in [0.05, 0.1) is 6.10 Å². The Morgan fingerprint density at radius 2 is 2.25 bits per heavy atom. The Morgan fingerprint density at radius 3 is 2.62 bits per heavy atom. The summed E-state index contributed by atoms with van der Waals surface area (Å²) in [6, 6.07) is 0. The van der Waals surface area contributed by atoms with E-state index in [0.717, 1.165) is 6.29 Å². The van der Waals surface area contributed by atoms with Crippen LogP contribution < -0.4 is 0 Å². The smallest absolute Gasteiger partial charge is 0.142 e. The molecule has 0 fully saturated rings. The quantitative estimate of drug-likeness (QED) is 0.400. The van der Waals surface area contributed by atoms with Crippen LogP contribution in [0.5, 0.6) is 0 Å². The van der Waals surface area contributed by atoms with Crippen LogP contribution in [-0.2, 0) is 9.53 Å². The zero-order valence-electron chi connectivity index (χ0n) is 5.13. The van der Waals surface area contributed by atoms with E-state index in [1.165, 1.54) is 6.08 Å². The predicted octanol–water partition coefficient (Wildman–Crippen LogP) is 0.776. The largest absolute Gasteiger partial charge is 0.378 e. The average Bonchev–Trinajstić information content (AvgIpc) is 1.83. The van der Waals surface area contributed by atoms with E-state index in [-0.39, 0.29) is 6.10 Å². The van der Waals surface area contributed by atoms with Crippen molar-refractivity contribution in [1.82, 2.24) is 0 Å². The molecule has 0 spiro atoms. The minimum atomic E-state index is 0.0419. The van der Waals surface area contributed by atoms with E-state index < -0.39 is 0 Å². The number of carbonyl (C=O) groups excluding carboxylic acids is 1. The number of hydrogen-bond donors (Lipinski definition) is 0. The lowest BCUT2D eigenvalue weighted by atomic mass is 10.4. The van der Waals surface area contributed by atoms with Crippen molar-refractivity contribution in [3.05, 3.63) is 12.2 Å². The number of hydrogen-bond acceptors (Lipinski definition) is 2. The summed E-state index contributed by atoms with van der Waals surface area (Å²) in [4.78, 5) is 9.68. The molecule has 1 atom stereocenters. The number of carbonyl (C=O) groups is 1. The third-order valence-electron chi connectivity index (χ3n) is 0.832. The Labute approximate surface area is 49.1 Å². The van der Waals surface area contributed by atoms with E-state index in [1.807, 2.05) is 6.92 Å². The van der Waals surface area contributed by atoms with Gasteiger partial charge >= 0.3 is 0 Å². The Hall–Kier alpha value is -0.630. The maximum atomic E-state index is 9.68.